The van der Waals surface area contributed by atoms with E-state index in [-0.39, 0.29) is 29.5 Å². The summed E-state index contributed by atoms with van der Waals surface area (Å²) in [5, 5.41) is 6.25. The number of carbonyl (C=O) groups excluding carboxylic acids is 1. The zero-order valence-corrected chi connectivity index (χ0v) is 11.9. The van der Waals surface area contributed by atoms with Crippen LogP contribution in [-0.2, 0) is 0 Å². The molecule has 0 unspecified atom stereocenters. The van der Waals surface area contributed by atoms with Crippen molar-refractivity contribution in [2.24, 2.45) is 5.41 Å². The first-order valence-electron chi connectivity index (χ1n) is 6.34. The molecule has 2 N–H and O–H groups in total. The van der Waals surface area contributed by atoms with E-state index in [1.807, 2.05) is 0 Å². The molecule has 1 fully saturated rings. The van der Waals surface area contributed by atoms with Crippen LogP contribution in [0.15, 0.2) is 24.3 Å². The van der Waals surface area contributed by atoms with Crippen LogP contribution in [0.3, 0.4) is 0 Å². The zero-order chi connectivity index (χ0) is 13.0. The molecule has 1 heterocycles. The van der Waals surface area contributed by atoms with E-state index in [1.165, 1.54) is 24.3 Å². The summed E-state index contributed by atoms with van der Waals surface area (Å²) < 4.78 is 12.7. The maximum Gasteiger partial charge on any atom is 0.251 e. The molecule has 1 aliphatic heterocycles. The fourth-order valence-corrected chi connectivity index (χ4v) is 2.20. The van der Waals surface area contributed by atoms with E-state index in [4.69, 9.17) is 0 Å². The second kappa shape index (κ2) is 6.87. The number of carbonyl (C=O) groups is 1. The van der Waals surface area contributed by atoms with Gasteiger partial charge in [0.05, 0.1) is 0 Å². The second-order valence-corrected chi connectivity index (χ2v) is 5.25. The first-order chi connectivity index (χ1) is 8.59. The van der Waals surface area contributed by atoms with Gasteiger partial charge < -0.3 is 10.6 Å². The van der Waals surface area contributed by atoms with Crippen molar-refractivity contribution in [1.29, 1.82) is 0 Å². The fourth-order valence-electron chi connectivity index (χ4n) is 2.20. The third-order valence-corrected chi connectivity index (χ3v) is 3.59. The third kappa shape index (κ3) is 4.48. The van der Waals surface area contributed by atoms with Crippen LogP contribution in [0.1, 0.15) is 30.1 Å². The van der Waals surface area contributed by atoms with Gasteiger partial charge in [-0.3, -0.25) is 4.79 Å². The highest BCUT2D eigenvalue weighted by molar-refractivity contribution is 5.94. The normalized spacial score (nSPS) is 17.4. The molecule has 0 spiro atoms. The summed E-state index contributed by atoms with van der Waals surface area (Å²) in [6, 6.07) is 5.63. The fraction of sp³-hybridized carbons (Fsp3) is 0.500. The Bertz CT molecular complexity index is 416. The van der Waals surface area contributed by atoms with Crippen LogP contribution >= 0.6 is 12.4 Å². The Hall–Kier alpha value is -1.13. The monoisotopic (exact) mass is 286 g/mol. The van der Waals surface area contributed by atoms with Gasteiger partial charge in [-0.2, -0.15) is 0 Å². The molecule has 0 aromatic heterocycles. The highest BCUT2D eigenvalue weighted by atomic mass is 35.5. The standard InChI is InChI=1S/C14H19FN2O.ClH/c1-14(6-8-16-9-7-14)10-17-13(18)11-2-4-12(15)5-3-11;/h2-5,16H,6-10H2,1H3,(H,17,18);1H. The molecule has 2 rings (SSSR count). The molecule has 1 aliphatic rings. The summed E-state index contributed by atoms with van der Waals surface area (Å²) >= 11 is 0. The third-order valence-electron chi connectivity index (χ3n) is 3.59. The molecule has 1 aromatic rings. The van der Waals surface area contributed by atoms with Crippen LogP contribution in [-0.4, -0.2) is 25.5 Å². The Morgan fingerprint density at radius 3 is 2.47 bits per heavy atom. The molecule has 0 aliphatic carbocycles. The maximum absolute atomic E-state index is 12.7. The maximum atomic E-state index is 12.7. The summed E-state index contributed by atoms with van der Waals surface area (Å²) in [5.74, 6) is -0.452. The molecule has 0 saturated carbocycles. The molecule has 19 heavy (non-hydrogen) atoms. The minimum Gasteiger partial charge on any atom is -0.351 e. The number of amides is 1. The van der Waals surface area contributed by atoms with E-state index >= 15 is 0 Å². The number of rotatable bonds is 3. The van der Waals surface area contributed by atoms with E-state index in [2.05, 4.69) is 17.6 Å². The van der Waals surface area contributed by atoms with Crippen molar-refractivity contribution >= 4 is 18.3 Å². The summed E-state index contributed by atoms with van der Waals surface area (Å²) in [7, 11) is 0. The van der Waals surface area contributed by atoms with Crippen LogP contribution in [0, 0.1) is 11.2 Å². The summed E-state index contributed by atoms with van der Waals surface area (Å²) in [6.07, 6.45) is 2.13. The SMILES string of the molecule is CC1(CNC(=O)c2ccc(F)cc2)CCNCC1.Cl. The average Bonchev–Trinajstić information content (AvgIpc) is 2.38. The van der Waals surface area contributed by atoms with Crippen molar-refractivity contribution in [3.05, 3.63) is 35.6 Å². The van der Waals surface area contributed by atoms with Gasteiger partial charge in [0.2, 0.25) is 0 Å². The molecule has 1 amide bonds. The minimum atomic E-state index is -0.322. The molecule has 1 aromatic carbocycles. The van der Waals surface area contributed by atoms with Crippen molar-refractivity contribution in [3.63, 3.8) is 0 Å². The van der Waals surface area contributed by atoms with Gasteiger partial charge in [0.15, 0.2) is 0 Å². The first-order valence-corrected chi connectivity index (χ1v) is 6.34. The Morgan fingerprint density at radius 1 is 1.32 bits per heavy atom. The Balaban J connectivity index is 0.00000180. The predicted molar refractivity (Wildman–Crippen MR) is 76.2 cm³/mol. The van der Waals surface area contributed by atoms with Gasteiger partial charge in [0.1, 0.15) is 5.82 Å². The van der Waals surface area contributed by atoms with Crippen LogP contribution in [0.4, 0.5) is 4.39 Å². The highest BCUT2D eigenvalue weighted by Gasteiger charge is 2.27. The minimum absolute atomic E-state index is 0. The van der Waals surface area contributed by atoms with E-state index in [1.54, 1.807) is 0 Å². The van der Waals surface area contributed by atoms with Gasteiger partial charge in [0, 0.05) is 12.1 Å². The Morgan fingerprint density at radius 2 is 1.89 bits per heavy atom. The Labute approximate surface area is 119 Å². The first kappa shape index (κ1) is 15.9. The molecule has 106 valence electrons. The van der Waals surface area contributed by atoms with Crippen molar-refractivity contribution in [2.75, 3.05) is 19.6 Å². The van der Waals surface area contributed by atoms with Crippen molar-refractivity contribution in [1.82, 2.24) is 10.6 Å². The van der Waals surface area contributed by atoms with Gasteiger partial charge in [-0.05, 0) is 55.6 Å². The smallest absolute Gasteiger partial charge is 0.251 e. The number of hydrogen-bond donors (Lipinski definition) is 2. The van der Waals surface area contributed by atoms with Gasteiger partial charge in [-0.25, -0.2) is 4.39 Å². The lowest BCUT2D eigenvalue weighted by Gasteiger charge is -2.34. The van der Waals surface area contributed by atoms with Crippen LogP contribution in [0.2, 0.25) is 0 Å². The van der Waals surface area contributed by atoms with Gasteiger partial charge in [0.25, 0.3) is 5.91 Å². The molecule has 0 radical (unpaired) electrons. The molecule has 0 bridgehead atoms. The molecule has 3 nitrogen and oxygen atoms in total. The lowest BCUT2D eigenvalue weighted by Crippen LogP contribution is -2.42. The Kier molecular flexibility index (Phi) is 5.76. The topological polar surface area (TPSA) is 41.1 Å². The molecule has 5 heteroatoms. The van der Waals surface area contributed by atoms with Crippen molar-refractivity contribution < 1.29 is 9.18 Å². The van der Waals surface area contributed by atoms with Crippen molar-refractivity contribution in [3.8, 4) is 0 Å². The van der Waals surface area contributed by atoms with Crippen LogP contribution in [0.25, 0.3) is 0 Å². The highest BCUT2D eigenvalue weighted by Crippen LogP contribution is 2.26. The van der Waals surface area contributed by atoms with E-state index in [9.17, 15) is 9.18 Å². The summed E-state index contributed by atoms with van der Waals surface area (Å²) in [4.78, 5) is 11.9. The van der Waals surface area contributed by atoms with Gasteiger partial charge >= 0.3 is 0 Å². The lowest BCUT2D eigenvalue weighted by molar-refractivity contribution is 0.0922. The predicted octanol–water partition coefficient (Wildman–Crippen LogP) is 2.37. The number of nitrogens with one attached hydrogen (secondary N) is 2. The number of benzene rings is 1. The number of hydrogen-bond acceptors (Lipinski definition) is 2. The second-order valence-electron chi connectivity index (χ2n) is 5.25. The molecular weight excluding hydrogens is 267 g/mol. The van der Waals surface area contributed by atoms with Gasteiger partial charge in [-0.15, -0.1) is 12.4 Å². The van der Waals surface area contributed by atoms with Crippen LogP contribution in [0.5, 0.6) is 0 Å². The summed E-state index contributed by atoms with van der Waals surface area (Å²) in [5.41, 5.74) is 0.676. The summed E-state index contributed by atoms with van der Waals surface area (Å²) in [6.45, 7) is 4.87. The quantitative estimate of drug-likeness (QED) is 0.896. The van der Waals surface area contributed by atoms with E-state index < -0.39 is 0 Å². The molecule has 1 saturated heterocycles. The van der Waals surface area contributed by atoms with E-state index in [0.717, 1.165) is 25.9 Å². The molecule has 0 atom stereocenters. The zero-order valence-electron chi connectivity index (χ0n) is 11.0. The van der Waals surface area contributed by atoms with Crippen LogP contribution < -0.4 is 10.6 Å². The number of halogens is 2. The van der Waals surface area contributed by atoms with Crippen molar-refractivity contribution in [2.45, 2.75) is 19.8 Å². The van der Waals surface area contributed by atoms with E-state index in [0.29, 0.717) is 12.1 Å². The van der Waals surface area contributed by atoms with Gasteiger partial charge in [-0.1, -0.05) is 6.92 Å². The lowest BCUT2D eigenvalue weighted by atomic mass is 9.81. The molecular formula is C14H20ClFN2O. The largest absolute Gasteiger partial charge is 0.351 e. The average molecular weight is 287 g/mol. The number of piperidine rings is 1.